The summed E-state index contributed by atoms with van der Waals surface area (Å²) in [6.45, 7) is 0. The van der Waals surface area contributed by atoms with E-state index in [2.05, 4.69) is 0 Å². The predicted molar refractivity (Wildman–Crippen MR) is 64.9 cm³/mol. The van der Waals surface area contributed by atoms with Crippen LogP contribution in [-0.2, 0) is 10.7 Å². The van der Waals surface area contributed by atoms with Crippen molar-refractivity contribution in [3.05, 3.63) is 23.8 Å². The molecule has 0 bridgehead atoms. The van der Waals surface area contributed by atoms with Crippen molar-refractivity contribution in [1.82, 2.24) is 0 Å². The smallest absolute Gasteiger partial charge is 0.303 e. The molecule has 0 unspecified atom stereocenters. The number of benzene rings is 1. The second-order valence-corrected chi connectivity index (χ2v) is 4.02. The standard InChI is InChI=1S/C13H16F2O4/c1-18-10-6-5-9(8-11(10)19-2)13(14,15)7-3-4-12(16)17/h5-6,8H,3-4,7H2,1-2H3,(H,16,17). The van der Waals surface area contributed by atoms with Crippen LogP contribution in [0.4, 0.5) is 8.78 Å². The van der Waals surface area contributed by atoms with Crippen LogP contribution in [0.25, 0.3) is 0 Å². The lowest BCUT2D eigenvalue weighted by Gasteiger charge is -2.18. The van der Waals surface area contributed by atoms with Crippen molar-refractivity contribution in [2.24, 2.45) is 0 Å². The third-order valence-electron chi connectivity index (χ3n) is 2.69. The summed E-state index contributed by atoms with van der Waals surface area (Å²) in [6.07, 6.45) is -0.881. The summed E-state index contributed by atoms with van der Waals surface area (Å²) in [4.78, 5) is 10.3. The minimum absolute atomic E-state index is 0.0866. The molecule has 0 radical (unpaired) electrons. The summed E-state index contributed by atoms with van der Waals surface area (Å²) in [5.41, 5.74) is -0.212. The first-order valence-electron chi connectivity index (χ1n) is 5.73. The van der Waals surface area contributed by atoms with E-state index in [4.69, 9.17) is 14.6 Å². The highest BCUT2D eigenvalue weighted by Crippen LogP contribution is 2.38. The molecule has 0 heterocycles. The zero-order chi connectivity index (χ0) is 14.5. The van der Waals surface area contributed by atoms with E-state index >= 15 is 0 Å². The normalized spacial score (nSPS) is 11.2. The van der Waals surface area contributed by atoms with E-state index < -0.39 is 18.3 Å². The molecule has 0 spiro atoms. The third-order valence-corrected chi connectivity index (χ3v) is 2.69. The van der Waals surface area contributed by atoms with Gasteiger partial charge in [0.2, 0.25) is 0 Å². The van der Waals surface area contributed by atoms with E-state index in [1.807, 2.05) is 0 Å². The lowest BCUT2D eigenvalue weighted by molar-refractivity contribution is -0.137. The fraction of sp³-hybridized carbons (Fsp3) is 0.462. The lowest BCUT2D eigenvalue weighted by Crippen LogP contribution is -2.14. The largest absolute Gasteiger partial charge is 0.493 e. The van der Waals surface area contributed by atoms with E-state index in [-0.39, 0.29) is 24.2 Å². The highest BCUT2D eigenvalue weighted by Gasteiger charge is 2.32. The van der Waals surface area contributed by atoms with Crippen molar-refractivity contribution in [3.8, 4) is 11.5 Å². The zero-order valence-corrected chi connectivity index (χ0v) is 10.8. The van der Waals surface area contributed by atoms with Gasteiger partial charge in [0, 0.05) is 18.4 Å². The maximum atomic E-state index is 13.9. The monoisotopic (exact) mass is 274 g/mol. The average molecular weight is 274 g/mol. The molecule has 0 atom stereocenters. The van der Waals surface area contributed by atoms with Crippen LogP contribution in [0, 0.1) is 0 Å². The Morgan fingerprint density at radius 1 is 1.26 bits per heavy atom. The van der Waals surface area contributed by atoms with Gasteiger partial charge in [0.15, 0.2) is 11.5 Å². The van der Waals surface area contributed by atoms with Crippen LogP contribution < -0.4 is 9.47 Å². The molecular formula is C13H16F2O4. The second-order valence-electron chi connectivity index (χ2n) is 4.02. The number of halogens is 2. The van der Waals surface area contributed by atoms with Crippen LogP contribution in [0.15, 0.2) is 18.2 Å². The Hall–Kier alpha value is -1.85. The van der Waals surface area contributed by atoms with E-state index in [1.165, 1.54) is 32.4 Å². The molecule has 1 aromatic carbocycles. The number of carbonyl (C=O) groups is 1. The van der Waals surface area contributed by atoms with Gasteiger partial charge < -0.3 is 14.6 Å². The van der Waals surface area contributed by atoms with Crippen molar-refractivity contribution in [3.63, 3.8) is 0 Å². The number of carboxylic acid groups (broad SMARTS) is 1. The molecular weight excluding hydrogens is 258 g/mol. The van der Waals surface area contributed by atoms with Crippen LogP contribution in [0.2, 0.25) is 0 Å². The van der Waals surface area contributed by atoms with Crippen LogP contribution >= 0.6 is 0 Å². The summed E-state index contributed by atoms with van der Waals surface area (Å²) in [6, 6.07) is 3.86. The number of aliphatic carboxylic acids is 1. The average Bonchev–Trinajstić information content (AvgIpc) is 2.37. The summed E-state index contributed by atoms with van der Waals surface area (Å²) >= 11 is 0. The van der Waals surface area contributed by atoms with Gasteiger partial charge in [-0.15, -0.1) is 0 Å². The number of carboxylic acids is 1. The van der Waals surface area contributed by atoms with Crippen molar-refractivity contribution >= 4 is 5.97 Å². The summed E-state index contributed by atoms with van der Waals surface area (Å²) < 4.78 is 37.7. The van der Waals surface area contributed by atoms with Gasteiger partial charge in [-0.1, -0.05) is 0 Å². The van der Waals surface area contributed by atoms with Gasteiger partial charge >= 0.3 is 5.97 Å². The van der Waals surface area contributed by atoms with E-state index in [0.717, 1.165) is 0 Å². The van der Waals surface area contributed by atoms with Crippen LogP contribution in [0.1, 0.15) is 24.8 Å². The molecule has 0 saturated carbocycles. The van der Waals surface area contributed by atoms with Gasteiger partial charge in [0.1, 0.15) is 0 Å². The van der Waals surface area contributed by atoms with E-state index in [0.29, 0.717) is 5.75 Å². The van der Waals surface area contributed by atoms with E-state index in [1.54, 1.807) is 0 Å². The highest BCUT2D eigenvalue weighted by atomic mass is 19.3. The second kappa shape index (κ2) is 6.36. The van der Waals surface area contributed by atoms with Crippen molar-refractivity contribution in [2.45, 2.75) is 25.2 Å². The fourth-order valence-electron chi connectivity index (χ4n) is 1.67. The maximum absolute atomic E-state index is 13.9. The summed E-state index contributed by atoms with van der Waals surface area (Å²) in [5, 5.41) is 8.45. The summed E-state index contributed by atoms with van der Waals surface area (Å²) in [5.74, 6) is -3.58. The summed E-state index contributed by atoms with van der Waals surface area (Å²) in [7, 11) is 2.78. The number of hydrogen-bond acceptors (Lipinski definition) is 3. The molecule has 0 aliphatic carbocycles. The Morgan fingerprint density at radius 2 is 1.89 bits per heavy atom. The van der Waals surface area contributed by atoms with Gasteiger partial charge in [0.05, 0.1) is 14.2 Å². The molecule has 19 heavy (non-hydrogen) atoms. The minimum Gasteiger partial charge on any atom is -0.493 e. The SMILES string of the molecule is COc1ccc(C(F)(F)CCCC(=O)O)cc1OC. The highest BCUT2D eigenvalue weighted by molar-refractivity contribution is 5.66. The van der Waals surface area contributed by atoms with Crippen molar-refractivity contribution in [1.29, 1.82) is 0 Å². The molecule has 0 saturated heterocycles. The molecule has 0 aliphatic heterocycles. The lowest BCUT2D eigenvalue weighted by atomic mass is 10.0. The first kappa shape index (κ1) is 15.2. The molecule has 6 heteroatoms. The van der Waals surface area contributed by atoms with Crippen LogP contribution in [-0.4, -0.2) is 25.3 Å². The number of ether oxygens (including phenoxy) is 2. The molecule has 0 fully saturated rings. The molecule has 1 rings (SSSR count). The first-order chi connectivity index (χ1) is 8.90. The maximum Gasteiger partial charge on any atom is 0.303 e. The third kappa shape index (κ3) is 4.08. The van der Waals surface area contributed by atoms with Crippen LogP contribution in [0.3, 0.4) is 0 Å². The molecule has 106 valence electrons. The quantitative estimate of drug-likeness (QED) is 0.830. The molecule has 0 amide bonds. The van der Waals surface area contributed by atoms with Gasteiger partial charge in [-0.05, 0) is 24.6 Å². The molecule has 0 aromatic heterocycles. The Kier molecular flexibility index (Phi) is 5.09. The Labute approximate surface area is 109 Å². The minimum atomic E-state index is -3.09. The first-order valence-corrected chi connectivity index (χ1v) is 5.73. The van der Waals surface area contributed by atoms with E-state index in [9.17, 15) is 13.6 Å². The van der Waals surface area contributed by atoms with Crippen molar-refractivity contribution < 1.29 is 28.2 Å². The van der Waals surface area contributed by atoms with Gasteiger partial charge in [-0.3, -0.25) is 4.79 Å². The Bertz CT molecular complexity index is 446. The predicted octanol–water partition coefficient (Wildman–Crippen LogP) is 3.05. The number of rotatable bonds is 7. The Balaban J connectivity index is 2.85. The van der Waals surface area contributed by atoms with Crippen molar-refractivity contribution in [2.75, 3.05) is 14.2 Å². The molecule has 0 aliphatic rings. The van der Waals surface area contributed by atoms with Gasteiger partial charge in [-0.25, -0.2) is 8.78 Å². The fourth-order valence-corrected chi connectivity index (χ4v) is 1.67. The molecule has 1 aromatic rings. The zero-order valence-electron chi connectivity index (χ0n) is 10.8. The molecule has 1 N–H and O–H groups in total. The number of alkyl halides is 2. The number of hydrogen-bond donors (Lipinski definition) is 1. The number of methoxy groups -OCH3 is 2. The molecule has 4 nitrogen and oxygen atoms in total. The topological polar surface area (TPSA) is 55.8 Å². The van der Waals surface area contributed by atoms with Gasteiger partial charge in [-0.2, -0.15) is 0 Å². The van der Waals surface area contributed by atoms with Gasteiger partial charge in [0.25, 0.3) is 5.92 Å². The van der Waals surface area contributed by atoms with Crippen LogP contribution in [0.5, 0.6) is 11.5 Å². The Morgan fingerprint density at radius 3 is 2.42 bits per heavy atom.